The van der Waals surface area contributed by atoms with E-state index in [9.17, 15) is 4.79 Å². The molecular formula is C22H25NO3. The standard InChI is InChI=1S/C22H25NO3/c1-3-18-21(16-10-5-4-6-11-16)26-22(24)23(18)20-17-12-8-7-9-15(17)13-14-19(20)25-2/h3,7-9,12-14,16,18,21H,1,4-6,10-11H2,2H3/t18-,21-/m1/s1. The number of nitrogens with zero attached hydrogens (tertiary/aromatic N) is 1. The van der Waals surface area contributed by atoms with Crippen LogP contribution in [0.2, 0.25) is 0 Å². The van der Waals surface area contributed by atoms with Crippen LogP contribution in [0.4, 0.5) is 10.5 Å². The Kier molecular flexibility index (Phi) is 4.58. The van der Waals surface area contributed by atoms with Crippen molar-refractivity contribution in [1.29, 1.82) is 0 Å². The highest BCUT2D eigenvalue weighted by Crippen LogP contribution is 2.43. The second kappa shape index (κ2) is 7.02. The third kappa shape index (κ3) is 2.74. The molecule has 2 aromatic rings. The van der Waals surface area contributed by atoms with E-state index in [4.69, 9.17) is 9.47 Å². The Balaban J connectivity index is 1.80. The summed E-state index contributed by atoms with van der Waals surface area (Å²) in [5, 5.41) is 2.06. The quantitative estimate of drug-likeness (QED) is 0.701. The summed E-state index contributed by atoms with van der Waals surface area (Å²) in [7, 11) is 1.64. The summed E-state index contributed by atoms with van der Waals surface area (Å²) in [6.45, 7) is 4.02. The van der Waals surface area contributed by atoms with Crippen molar-refractivity contribution in [2.24, 2.45) is 5.92 Å². The molecule has 4 heteroatoms. The lowest BCUT2D eigenvalue weighted by Gasteiger charge is -2.30. The first kappa shape index (κ1) is 17.0. The van der Waals surface area contributed by atoms with E-state index < -0.39 is 0 Å². The molecule has 0 unspecified atom stereocenters. The minimum absolute atomic E-state index is 0.135. The topological polar surface area (TPSA) is 38.8 Å². The highest BCUT2D eigenvalue weighted by molar-refractivity contribution is 6.05. The summed E-state index contributed by atoms with van der Waals surface area (Å²) in [6.07, 6.45) is 7.33. The van der Waals surface area contributed by atoms with Crippen molar-refractivity contribution in [2.75, 3.05) is 12.0 Å². The monoisotopic (exact) mass is 351 g/mol. The molecule has 2 atom stereocenters. The number of cyclic esters (lactones) is 1. The van der Waals surface area contributed by atoms with Gasteiger partial charge < -0.3 is 9.47 Å². The van der Waals surface area contributed by atoms with Gasteiger partial charge in [0.25, 0.3) is 0 Å². The Morgan fingerprint density at radius 3 is 2.65 bits per heavy atom. The summed E-state index contributed by atoms with van der Waals surface area (Å²) >= 11 is 0. The fraction of sp³-hybridized carbons (Fsp3) is 0.409. The van der Waals surface area contributed by atoms with Crippen molar-refractivity contribution in [2.45, 2.75) is 44.2 Å². The maximum atomic E-state index is 12.9. The zero-order valence-corrected chi connectivity index (χ0v) is 15.2. The molecule has 4 nitrogen and oxygen atoms in total. The second-order valence-electron chi connectivity index (χ2n) is 7.18. The number of carbonyl (C=O) groups excluding carboxylic acids is 1. The number of ether oxygens (including phenoxy) is 2. The Morgan fingerprint density at radius 1 is 1.15 bits per heavy atom. The van der Waals surface area contributed by atoms with E-state index in [1.807, 2.05) is 42.5 Å². The van der Waals surface area contributed by atoms with E-state index in [0.29, 0.717) is 11.7 Å². The number of anilines is 1. The molecule has 1 aliphatic carbocycles. The first-order valence-electron chi connectivity index (χ1n) is 9.42. The number of hydrogen-bond donors (Lipinski definition) is 0. The van der Waals surface area contributed by atoms with Crippen LogP contribution in [0, 0.1) is 5.92 Å². The number of methoxy groups -OCH3 is 1. The number of benzene rings is 2. The molecule has 26 heavy (non-hydrogen) atoms. The first-order chi connectivity index (χ1) is 12.7. The molecule has 0 bridgehead atoms. The summed E-state index contributed by atoms with van der Waals surface area (Å²) in [4.78, 5) is 14.7. The van der Waals surface area contributed by atoms with Crippen LogP contribution in [0.5, 0.6) is 5.75 Å². The fourth-order valence-corrected chi connectivity index (χ4v) is 4.48. The number of carbonyl (C=O) groups is 1. The van der Waals surface area contributed by atoms with Gasteiger partial charge in [0, 0.05) is 5.39 Å². The SMILES string of the molecule is C=C[C@@H]1[C@@H](C2CCCCC2)OC(=O)N1c1c(OC)ccc2ccccc12. The molecule has 136 valence electrons. The van der Waals surface area contributed by atoms with Crippen LogP contribution >= 0.6 is 0 Å². The molecule has 2 aromatic carbocycles. The molecule has 1 aliphatic heterocycles. The van der Waals surface area contributed by atoms with Gasteiger partial charge in [-0.25, -0.2) is 4.79 Å². The average Bonchev–Trinajstić information content (AvgIpc) is 3.03. The minimum atomic E-state index is -0.305. The number of hydrogen-bond acceptors (Lipinski definition) is 3. The summed E-state index contributed by atoms with van der Waals surface area (Å²) < 4.78 is 11.5. The number of rotatable bonds is 4. The van der Waals surface area contributed by atoms with Crippen molar-refractivity contribution < 1.29 is 14.3 Å². The average molecular weight is 351 g/mol. The zero-order valence-electron chi connectivity index (χ0n) is 15.2. The summed E-state index contributed by atoms with van der Waals surface area (Å²) in [5.74, 6) is 1.08. The van der Waals surface area contributed by atoms with Gasteiger partial charge in [-0.1, -0.05) is 55.7 Å². The Hall–Kier alpha value is -2.49. The van der Waals surface area contributed by atoms with E-state index in [0.717, 1.165) is 29.3 Å². The molecule has 2 aliphatic rings. The van der Waals surface area contributed by atoms with Gasteiger partial charge in [-0.2, -0.15) is 0 Å². The molecule has 0 spiro atoms. The predicted octanol–water partition coefficient (Wildman–Crippen LogP) is 5.31. The van der Waals surface area contributed by atoms with Crippen molar-refractivity contribution in [3.8, 4) is 5.75 Å². The third-order valence-corrected chi connectivity index (χ3v) is 5.75. The van der Waals surface area contributed by atoms with E-state index in [2.05, 4.69) is 6.58 Å². The van der Waals surface area contributed by atoms with Gasteiger partial charge in [0.15, 0.2) is 0 Å². The van der Waals surface area contributed by atoms with Crippen LogP contribution in [0.1, 0.15) is 32.1 Å². The van der Waals surface area contributed by atoms with Crippen molar-refractivity contribution in [3.63, 3.8) is 0 Å². The van der Waals surface area contributed by atoms with Crippen LogP contribution < -0.4 is 9.64 Å². The molecule has 1 amide bonds. The van der Waals surface area contributed by atoms with Crippen LogP contribution in [0.3, 0.4) is 0 Å². The third-order valence-electron chi connectivity index (χ3n) is 5.75. The van der Waals surface area contributed by atoms with Gasteiger partial charge in [0.05, 0.1) is 18.8 Å². The zero-order chi connectivity index (χ0) is 18.1. The largest absolute Gasteiger partial charge is 0.495 e. The highest BCUT2D eigenvalue weighted by Gasteiger charge is 2.46. The smallest absolute Gasteiger partial charge is 0.415 e. The fourth-order valence-electron chi connectivity index (χ4n) is 4.48. The van der Waals surface area contributed by atoms with Gasteiger partial charge in [0.2, 0.25) is 0 Å². The van der Waals surface area contributed by atoms with Crippen LogP contribution in [0.15, 0.2) is 49.1 Å². The van der Waals surface area contributed by atoms with Gasteiger partial charge in [-0.15, -0.1) is 6.58 Å². The van der Waals surface area contributed by atoms with Crippen molar-refractivity contribution in [1.82, 2.24) is 0 Å². The predicted molar refractivity (Wildman–Crippen MR) is 104 cm³/mol. The minimum Gasteiger partial charge on any atom is -0.495 e. The lowest BCUT2D eigenvalue weighted by Crippen LogP contribution is -2.39. The number of amides is 1. The molecule has 0 radical (unpaired) electrons. The summed E-state index contributed by atoms with van der Waals surface area (Å²) in [5.41, 5.74) is 0.777. The Bertz CT molecular complexity index is 825. The molecular weight excluding hydrogens is 326 g/mol. The first-order valence-corrected chi connectivity index (χ1v) is 9.42. The normalized spacial score (nSPS) is 23.9. The lowest BCUT2D eigenvalue weighted by atomic mass is 9.82. The molecule has 4 rings (SSSR count). The van der Waals surface area contributed by atoms with Crippen molar-refractivity contribution in [3.05, 3.63) is 49.1 Å². The molecule has 2 fully saturated rings. The van der Waals surface area contributed by atoms with E-state index in [1.165, 1.54) is 19.3 Å². The van der Waals surface area contributed by atoms with Gasteiger partial charge in [0.1, 0.15) is 11.9 Å². The summed E-state index contributed by atoms with van der Waals surface area (Å²) in [6, 6.07) is 11.8. The molecule has 0 N–H and O–H groups in total. The van der Waals surface area contributed by atoms with E-state index in [-0.39, 0.29) is 18.2 Å². The van der Waals surface area contributed by atoms with Crippen molar-refractivity contribution >= 4 is 22.6 Å². The molecule has 1 saturated carbocycles. The van der Waals surface area contributed by atoms with Gasteiger partial charge >= 0.3 is 6.09 Å². The van der Waals surface area contributed by atoms with Crippen LogP contribution in [-0.4, -0.2) is 25.3 Å². The lowest BCUT2D eigenvalue weighted by molar-refractivity contribution is 0.0804. The Labute approximate surface area is 154 Å². The molecule has 1 saturated heterocycles. The molecule has 1 heterocycles. The molecule has 0 aromatic heterocycles. The van der Waals surface area contributed by atoms with Crippen LogP contribution in [-0.2, 0) is 4.74 Å². The highest BCUT2D eigenvalue weighted by atomic mass is 16.6. The second-order valence-corrected chi connectivity index (χ2v) is 7.18. The van der Waals surface area contributed by atoms with E-state index in [1.54, 1.807) is 12.0 Å². The van der Waals surface area contributed by atoms with Gasteiger partial charge in [-0.05, 0) is 30.2 Å². The maximum Gasteiger partial charge on any atom is 0.415 e. The Morgan fingerprint density at radius 2 is 1.92 bits per heavy atom. The van der Waals surface area contributed by atoms with E-state index >= 15 is 0 Å². The number of fused-ring (bicyclic) bond motifs is 1. The van der Waals surface area contributed by atoms with Gasteiger partial charge in [-0.3, -0.25) is 4.90 Å². The van der Waals surface area contributed by atoms with Crippen LogP contribution in [0.25, 0.3) is 10.8 Å². The maximum absolute atomic E-state index is 12.9.